The molecule has 0 radical (unpaired) electrons. The van der Waals surface area contributed by atoms with Crippen LogP contribution in [-0.2, 0) is 16.1 Å². The van der Waals surface area contributed by atoms with E-state index < -0.39 is 24.1 Å². The van der Waals surface area contributed by atoms with Gasteiger partial charge in [0, 0.05) is 54.6 Å². The van der Waals surface area contributed by atoms with E-state index in [0.717, 1.165) is 40.3 Å². The van der Waals surface area contributed by atoms with Gasteiger partial charge in [-0.25, -0.2) is 4.39 Å². The molecule has 5 aromatic rings. The summed E-state index contributed by atoms with van der Waals surface area (Å²) in [5, 5.41) is 0. The summed E-state index contributed by atoms with van der Waals surface area (Å²) in [6.45, 7) is 3.13. The highest BCUT2D eigenvalue weighted by atomic mass is 32.1. The van der Waals surface area contributed by atoms with Gasteiger partial charge in [-0.15, -0.1) is 11.3 Å². The number of halogens is 1. The van der Waals surface area contributed by atoms with Crippen LogP contribution < -0.4 is 15.4 Å². The van der Waals surface area contributed by atoms with Crippen LogP contribution in [0.1, 0.15) is 18.4 Å². The molecule has 1 aliphatic rings. The van der Waals surface area contributed by atoms with Gasteiger partial charge in [0.05, 0.1) is 15.9 Å². The van der Waals surface area contributed by atoms with Crippen molar-refractivity contribution in [3.05, 3.63) is 103 Å². The van der Waals surface area contributed by atoms with E-state index in [9.17, 15) is 9.59 Å². The third-order valence-corrected chi connectivity index (χ3v) is 9.17. The molecule has 230 valence electrons. The lowest BCUT2D eigenvalue weighted by molar-refractivity contribution is -0.125. The summed E-state index contributed by atoms with van der Waals surface area (Å²) in [4.78, 5) is 36.0. The molecule has 3 heterocycles. The second-order valence-corrected chi connectivity index (χ2v) is 12.4. The number of ether oxygens (including phenoxy) is 1. The molecule has 0 aliphatic carbocycles. The first-order valence-corrected chi connectivity index (χ1v) is 15.6. The SMILES string of the molecule is CN(C)[C@H]1CCN(Cc2ccc(-c3cc4nccc(Oc5ccc(N(C(=O)CC(N)=O)c6ccccc6)cc5F)c4s3)cc2)C1. The van der Waals surface area contributed by atoms with Gasteiger partial charge in [0.15, 0.2) is 11.6 Å². The first-order chi connectivity index (χ1) is 21.7. The topological polar surface area (TPSA) is 92.0 Å². The zero-order valence-electron chi connectivity index (χ0n) is 25.2. The van der Waals surface area contributed by atoms with Crippen molar-refractivity contribution in [2.75, 3.05) is 32.1 Å². The van der Waals surface area contributed by atoms with Gasteiger partial charge in [-0.1, -0.05) is 42.5 Å². The molecular formula is C35H34FN5O3S. The maximum Gasteiger partial charge on any atom is 0.240 e. The van der Waals surface area contributed by atoms with Crippen LogP contribution in [0.4, 0.5) is 15.8 Å². The second-order valence-electron chi connectivity index (χ2n) is 11.4. The number of carbonyl (C=O) groups excluding carboxylic acids is 2. The Kier molecular flexibility index (Phi) is 8.88. The highest BCUT2D eigenvalue weighted by Crippen LogP contribution is 2.40. The number of primary amides is 1. The normalized spacial score (nSPS) is 15.1. The average molecular weight is 624 g/mol. The average Bonchev–Trinajstić information content (AvgIpc) is 3.67. The summed E-state index contributed by atoms with van der Waals surface area (Å²) < 4.78 is 22.3. The lowest BCUT2D eigenvalue weighted by atomic mass is 10.1. The molecule has 6 rings (SSSR count). The smallest absolute Gasteiger partial charge is 0.240 e. The molecule has 1 fully saturated rings. The summed E-state index contributed by atoms with van der Waals surface area (Å²) in [5.74, 6) is -1.51. The van der Waals surface area contributed by atoms with Crippen molar-refractivity contribution in [2.24, 2.45) is 5.73 Å². The molecule has 3 aromatic carbocycles. The van der Waals surface area contributed by atoms with E-state index in [4.69, 9.17) is 10.5 Å². The van der Waals surface area contributed by atoms with Crippen molar-refractivity contribution >= 4 is 44.7 Å². The second kappa shape index (κ2) is 13.2. The Hall–Kier alpha value is -4.64. The predicted molar refractivity (Wildman–Crippen MR) is 176 cm³/mol. The van der Waals surface area contributed by atoms with Crippen LogP contribution >= 0.6 is 11.3 Å². The van der Waals surface area contributed by atoms with Gasteiger partial charge in [0.25, 0.3) is 0 Å². The third kappa shape index (κ3) is 6.88. The van der Waals surface area contributed by atoms with Crippen LogP contribution in [0.5, 0.6) is 11.5 Å². The van der Waals surface area contributed by atoms with Crippen LogP contribution in [-0.4, -0.2) is 59.8 Å². The Morgan fingerprint density at radius 1 is 1.00 bits per heavy atom. The van der Waals surface area contributed by atoms with E-state index in [1.807, 2.05) is 6.07 Å². The number of amides is 2. The van der Waals surface area contributed by atoms with Crippen molar-refractivity contribution in [1.29, 1.82) is 0 Å². The maximum atomic E-state index is 15.5. The number of benzene rings is 3. The highest BCUT2D eigenvalue weighted by molar-refractivity contribution is 7.22. The van der Waals surface area contributed by atoms with E-state index in [2.05, 4.69) is 53.1 Å². The fourth-order valence-electron chi connectivity index (χ4n) is 5.62. The number of fused-ring (bicyclic) bond motifs is 1. The minimum Gasteiger partial charge on any atom is -0.453 e. The zero-order valence-corrected chi connectivity index (χ0v) is 26.0. The summed E-state index contributed by atoms with van der Waals surface area (Å²) in [5.41, 5.74) is 9.13. The standard InChI is InChI=1S/C35H34FN5O3S/c1-39(2)27-15-17-40(22-27)21-23-8-10-24(11-9-23)32-19-29-35(45-32)31(14-16-38-29)44-30-13-12-26(18-28(30)36)41(34(43)20-33(37)42)25-6-4-3-5-7-25/h3-14,16,18-19,27H,15,17,20-22H2,1-2H3,(H2,37,42)/t27-/m0/s1. The highest BCUT2D eigenvalue weighted by Gasteiger charge is 2.24. The van der Waals surface area contributed by atoms with E-state index in [0.29, 0.717) is 17.5 Å². The molecule has 8 nitrogen and oxygen atoms in total. The number of thiophene rings is 1. The number of hydrogen-bond donors (Lipinski definition) is 1. The van der Waals surface area contributed by atoms with E-state index in [-0.39, 0.29) is 11.4 Å². The van der Waals surface area contributed by atoms with Gasteiger partial charge in [-0.05, 0) is 62.0 Å². The number of likely N-dealkylation sites (tertiary alicyclic amines) is 1. The summed E-state index contributed by atoms with van der Waals surface area (Å²) in [6.07, 6.45) is 2.32. The van der Waals surface area contributed by atoms with Gasteiger partial charge in [-0.3, -0.25) is 24.4 Å². The Morgan fingerprint density at radius 2 is 1.78 bits per heavy atom. The minimum absolute atomic E-state index is 0.000617. The van der Waals surface area contributed by atoms with Gasteiger partial charge < -0.3 is 15.4 Å². The molecule has 2 N–H and O–H groups in total. The molecule has 2 amide bonds. The monoisotopic (exact) mass is 623 g/mol. The Labute approximate surface area is 265 Å². The molecule has 10 heteroatoms. The number of anilines is 2. The van der Waals surface area contributed by atoms with Crippen LogP contribution in [0.3, 0.4) is 0 Å². The third-order valence-electron chi connectivity index (χ3n) is 7.98. The predicted octanol–water partition coefficient (Wildman–Crippen LogP) is 6.57. The molecule has 1 aliphatic heterocycles. The van der Waals surface area contributed by atoms with Crippen LogP contribution in [0.15, 0.2) is 91.1 Å². The molecular weight excluding hydrogens is 589 g/mol. The van der Waals surface area contributed by atoms with Crippen LogP contribution in [0.25, 0.3) is 20.7 Å². The summed E-state index contributed by atoms with van der Waals surface area (Å²) in [7, 11) is 4.29. The molecule has 45 heavy (non-hydrogen) atoms. The number of carbonyl (C=O) groups is 2. The number of hydrogen-bond acceptors (Lipinski definition) is 7. The molecule has 0 unspecified atom stereocenters. The number of nitrogens with two attached hydrogens (primary N) is 1. The fourth-order valence-corrected chi connectivity index (χ4v) is 6.69. The minimum atomic E-state index is -0.769. The van der Waals surface area contributed by atoms with Gasteiger partial charge in [0.2, 0.25) is 11.8 Å². The van der Waals surface area contributed by atoms with E-state index in [1.54, 1.807) is 48.7 Å². The summed E-state index contributed by atoms with van der Waals surface area (Å²) >= 11 is 1.54. The summed E-state index contributed by atoms with van der Waals surface area (Å²) in [6, 6.07) is 25.9. The molecule has 0 spiro atoms. The lowest BCUT2D eigenvalue weighted by Gasteiger charge is -2.23. The van der Waals surface area contributed by atoms with Crippen molar-refractivity contribution in [3.63, 3.8) is 0 Å². The Bertz CT molecular complexity index is 1830. The fraction of sp³-hybridized carbons (Fsp3) is 0.229. The number of rotatable bonds is 10. The van der Waals surface area contributed by atoms with Crippen molar-refractivity contribution in [1.82, 2.24) is 14.8 Å². The largest absolute Gasteiger partial charge is 0.453 e. The van der Waals surface area contributed by atoms with Gasteiger partial charge >= 0.3 is 0 Å². The van der Waals surface area contributed by atoms with Gasteiger partial charge in [-0.2, -0.15) is 0 Å². The Morgan fingerprint density at radius 3 is 2.47 bits per heavy atom. The van der Waals surface area contributed by atoms with Crippen molar-refractivity contribution in [3.8, 4) is 21.9 Å². The molecule has 0 saturated carbocycles. The Balaban J connectivity index is 1.21. The first kappa shape index (κ1) is 30.4. The lowest BCUT2D eigenvalue weighted by Crippen LogP contribution is -2.31. The van der Waals surface area contributed by atoms with Crippen molar-refractivity contribution < 1.29 is 18.7 Å². The number of nitrogens with zero attached hydrogens (tertiary/aromatic N) is 4. The number of aromatic nitrogens is 1. The van der Waals surface area contributed by atoms with Gasteiger partial charge in [0.1, 0.15) is 12.2 Å². The number of para-hydroxylation sites is 1. The molecule has 2 aromatic heterocycles. The zero-order chi connectivity index (χ0) is 31.5. The van der Waals surface area contributed by atoms with Crippen LogP contribution in [0, 0.1) is 5.82 Å². The van der Waals surface area contributed by atoms with Crippen molar-refractivity contribution in [2.45, 2.75) is 25.4 Å². The van der Waals surface area contributed by atoms with Crippen LogP contribution in [0.2, 0.25) is 0 Å². The number of likely N-dealkylation sites (N-methyl/N-ethyl adjacent to an activating group) is 1. The molecule has 1 saturated heterocycles. The van der Waals surface area contributed by atoms with E-state index >= 15 is 4.39 Å². The van der Waals surface area contributed by atoms with E-state index in [1.165, 1.54) is 40.4 Å². The molecule has 1 atom stereocenters. The number of pyridine rings is 1. The first-order valence-electron chi connectivity index (χ1n) is 14.8. The molecule has 0 bridgehead atoms. The quantitative estimate of drug-likeness (QED) is 0.177. The maximum absolute atomic E-state index is 15.5.